The Labute approximate surface area is 191 Å². The third-order valence-corrected chi connectivity index (χ3v) is 4.79. The third kappa shape index (κ3) is 9.46. The van der Waals surface area contributed by atoms with E-state index in [9.17, 15) is 28.8 Å². The maximum Gasteiger partial charge on any atom is 0.325 e. The smallest absolute Gasteiger partial charge is 0.325 e. The maximum atomic E-state index is 11.9. The van der Waals surface area contributed by atoms with Gasteiger partial charge in [0.1, 0.15) is 12.8 Å². The molecule has 0 fully saturated rings. The molecule has 2 rings (SSSR count). The predicted molar refractivity (Wildman–Crippen MR) is 116 cm³/mol. The van der Waals surface area contributed by atoms with E-state index >= 15 is 0 Å². The Morgan fingerprint density at radius 1 is 0.970 bits per heavy atom. The first-order valence-corrected chi connectivity index (χ1v) is 10.6. The summed E-state index contributed by atoms with van der Waals surface area (Å²) in [5.41, 5.74) is 0.879. The van der Waals surface area contributed by atoms with Crippen LogP contribution in [0.4, 0.5) is 0 Å². The molecule has 2 N–H and O–H groups in total. The van der Waals surface area contributed by atoms with Gasteiger partial charge >= 0.3 is 5.97 Å². The quantitative estimate of drug-likeness (QED) is 0.174. The largest absolute Gasteiger partial charge is 0.454 e. The minimum atomic E-state index is -0.775. The van der Waals surface area contributed by atoms with Gasteiger partial charge in [-0.3, -0.25) is 28.9 Å². The summed E-state index contributed by atoms with van der Waals surface area (Å²) in [5, 5.41) is 4.89. The zero-order chi connectivity index (χ0) is 24.1. The van der Waals surface area contributed by atoms with Crippen molar-refractivity contribution in [1.29, 1.82) is 0 Å². The SMILES string of the molecule is O=CC(Cc1ccccc1)NC(=O)COC(=O)CNC(=O)CCCCCN1C(=O)C=CC1=O. The predicted octanol–water partition coefficient (Wildman–Crippen LogP) is 0.0576. The molecule has 1 aliphatic heterocycles. The lowest BCUT2D eigenvalue weighted by Crippen LogP contribution is -2.40. The van der Waals surface area contributed by atoms with Crippen molar-refractivity contribution in [3.05, 3.63) is 48.0 Å². The highest BCUT2D eigenvalue weighted by atomic mass is 16.5. The van der Waals surface area contributed by atoms with Crippen LogP contribution in [0.2, 0.25) is 0 Å². The average Bonchev–Trinajstić information content (AvgIpc) is 3.13. The molecule has 0 radical (unpaired) electrons. The Hall–Kier alpha value is -3.82. The number of rotatable bonds is 14. The molecule has 1 heterocycles. The molecule has 10 nitrogen and oxygen atoms in total. The molecule has 0 bridgehead atoms. The van der Waals surface area contributed by atoms with E-state index in [1.165, 1.54) is 12.2 Å². The van der Waals surface area contributed by atoms with E-state index in [2.05, 4.69) is 10.6 Å². The fraction of sp³-hybridized carbons (Fsp3) is 0.391. The van der Waals surface area contributed by atoms with Crippen molar-refractivity contribution in [1.82, 2.24) is 15.5 Å². The van der Waals surface area contributed by atoms with E-state index < -0.39 is 24.5 Å². The summed E-state index contributed by atoms with van der Waals surface area (Å²) in [6.45, 7) is -0.636. The number of aldehydes is 1. The molecule has 1 aromatic rings. The second-order valence-corrected chi connectivity index (χ2v) is 7.41. The highest BCUT2D eigenvalue weighted by molar-refractivity contribution is 6.12. The van der Waals surface area contributed by atoms with Gasteiger partial charge < -0.3 is 20.2 Å². The molecule has 176 valence electrons. The van der Waals surface area contributed by atoms with Crippen molar-refractivity contribution in [2.45, 2.75) is 38.1 Å². The molecular formula is C23H27N3O7. The molecule has 0 aromatic heterocycles. The minimum absolute atomic E-state index is 0.175. The van der Waals surface area contributed by atoms with Crippen LogP contribution in [0.1, 0.15) is 31.2 Å². The zero-order valence-electron chi connectivity index (χ0n) is 18.2. The number of carbonyl (C=O) groups excluding carboxylic acids is 6. The molecule has 4 amide bonds. The standard InChI is InChI=1S/C23H27N3O7/c27-15-18(13-17-7-3-1-4-8-17)25-20(29)16-33-23(32)14-24-19(28)9-5-2-6-12-26-21(30)10-11-22(26)31/h1,3-4,7-8,10-11,15,18H,2,5-6,9,12-14,16H2,(H,24,28)(H,25,29). The zero-order valence-corrected chi connectivity index (χ0v) is 18.2. The summed E-state index contributed by atoms with van der Waals surface area (Å²) >= 11 is 0. The molecule has 0 saturated heterocycles. The average molecular weight is 457 g/mol. The van der Waals surface area contributed by atoms with E-state index in [1.54, 1.807) is 0 Å². The molecule has 1 unspecified atom stereocenters. The number of unbranched alkanes of at least 4 members (excludes halogenated alkanes) is 2. The topological polar surface area (TPSA) is 139 Å². The number of carbonyl (C=O) groups is 6. The molecule has 10 heteroatoms. The van der Waals surface area contributed by atoms with Gasteiger partial charge in [0.25, 0.3) is 17.7 Å². The maximum absolute atomic E-state index is 11.9. The van der Waals surface area contributed by atoms with Crippen LogP contribution in [-0.4, -0.2) is 66.5 Å². The number of imide groups is 1. The van der Waals surface area contributed by atoms with Crippen molar-refractivity contribution in [2.24, 2.45) is 0 Å². The number of hydrogen-bond acceptors (Lipinski definition) is 7. The highest BCUT2D eigenvalue weighted by Gasteiger charge is 2.22. The van der Waals surface area contributed by atoms with E-state index in [0.29, 0.717) is 38.5 Å². The molecule has 1 aromatic carbocycles. The molecule has 0 spiro atoms. The van der Waals surface area contributed by atoms with Crippen LogP contribution in [0.3, 0.4) is 0 Å². The van der Waals surface area contributed by atoms with Crippen molar-refractivity contribution in [3.8, 4) is 0 Å². The first kappa shape index (κ1) is 25.4. The van der Waals surface area contributed by atoms with Gasteiger partial charge in [-0.15, -0.1) is 0 Å². The fourth-order valence-electron chi connectivity index (χ4n) is 3.09. The Balaban J connectivity index is 1.53. The number of nitrogens with zero attached hydrogens (tertiary/aromatic N) is 1. The Morgan fingerprint density at radius 3 is 2.33 bits per heavy atom. The number of amides is 4. The second kappa shape index (κ2) is 13.6. The van der Waals surface area contributed by atoms with Gasteiger partial charge in [0.05, 0.1) is 6.04 Å². The normalized spacial score (nSPS) is 13.5. The van der Waals surface area contributed by atoms with Crippen molar-refractivity contribution < 1.29 is 33.5 Å². The van der Waals surface area contributed by atoms with Gasteiger partial charge in [0.15, 0.2) is 6.61 Å². The highest BCUT2D eigenvalue weighted by Crippen LogP contribution is 2.07. The van der Waals surface area contributed by atoms with Crippen LogP contribution in [0.15, 0.2) is 42.5 Å². The van der Waals surface area contributed by atoms with Gasteiger partial charge in [0, 0.05) is 25.1 Å². The van der Waals surface area contributed by atoms with Gasteiger partial charge in [-0.25, -0.2) is 0 Å². The summed E-state index contributed by atoms with van der Waals surface area (Å²) in [6.07, 6.45) is 5.31. The number of esters is 1. The van der Waals surface area contributed by atoms with Crippen LogP contribution < -0.4 is 10.6 Å². The monoisotopic (exact) mass is 457 g/mol. The third-order valence-electron chi connectivity index (χ3n) is 4.79. The number of benzene rings is 1. The summed E-state index contributed by atoms with van der Waals surface area (Å²) in [4.78, 5) is 70.6. The van der Waals surface area contributed by atoms with E-state index in [4.69, 9.17) is 4.74 Å². The van der Waals surface area contributed by atoms with Crippen molar-refractivity contribution in [2.75, 3.05) is 19.7 Å². The van der Waals surface area contributed by atoms with E-state index in [0.717, 1.165) is 10.5 Å². The number of nitrogens with one attached hydrogen (secondary N) is 2. The van der Waals surface area contributed by atoms with Crippen molar-refractivity contribution >= 4 is 35.9 Å². The van der Waals surface area contributed by atoms with Crippen LogP contribution >= 0.6 is 0 Å². The molecule has 33 heavy (non-hydrogen) atoms. The first-order chi connectivity index (χ1) is 15.9. The van der Waals surface area contributed by atoms with E-state index in [-0.39, 0.29) is 30.7 Å². The lowest BCUT2D eigenvalue weighted by Gasteiger charge is -2.13. The van der Waals surface area contributed by atoms with E-state index in [1.807, 2.05) is 30.3 Å². The molecular weight excluding hydrogens is 430 g/mol. The fourth-order valence-corrected chi connectivity index (χ4v) is 3.09. The van der Waals surface area contributed by atoms with Gasteiger partial charge in [-0.05, 0) is 24.8 Å². The van der Waals surface area contributed by atoms with Crippen LogP contribution in [0.5, 0.6) is 0 Å². The first-order valence-electron chi connectivity index (χ1n) is 10.6. The summed E-state index contributed by atoms with van der Waals surface area (Å²) < 4.78 is 4.81. The lowest BCUT2D eigenvalue weighted by atomic mass is 10.1. The Kier molecular flexibility index (Phi) is 10.5. The number of ether oxygens (including phenoxy) is 1. The van der Waals surface area contributed by atoms with Crippen molar-refractivity contribution in [3.63, 3.8) is 0 Å². The van der Waals surface area contributed by atoms with Gasteiger partial charge in [0.2, 0.25) is 5.91 Å². The Morgan fingerprint density at radius 2 is 1.67 bits per heavy atom. The minimum Gasteiger partial charge on any atom is -0.454 e. The molecule has 1 aliphatic rings. The van der Waals surface area contributed by atoms with Crippen LogP contribution in [-0.2, 0) is 39.9 Å². The molecule has 0 aliphatic carbocycles. The van der Waals surface area contributed by atoms with Crippen LogP contribution in [0, 0.1) is 0 Å². The van der Waals surface area contributed by atoms with Gasteiger partial charge in [-0.2, -0.15) is 0 Å². The number of hydrogen-bond donors (Lipinski definition) is 2. The van der Waals surface area contributed by atoms with Crippen LogP contribution in [0.25, 0.3) is 0 Å². The summed E-state index contributed by atoms with van der Waals surface area (Å²) in [5.74, 6) is -2.41. The second-order valence-electron chi connectivity index (χ2n) is 7.41. The Bertz CT molecular complexity index is 881. The molecule has 1 atom stereocenters. The summed E-state index contributed by atoms with van der Waals surface area (Å²) in [6, 6.07) is 8.42. The summed E-state index contributed by atoms with van der Waals surface area (Å²) in [7, 11) is 0. The van der Waals surface area contributed by atoms with Gasteiger partial charge in [-0.1, -0.05) is 36.8 Å². The lowest BCUT2D eigenvalue weighted by molar-refractivity contribution is -0.148. The molecule has 0 saturated carbocycles.